The highest BCUT2D eigenvalue weighted by Crippen LogP contribution is 2.39. The van der Waals surface area contributed by atoms with Crippen LogP contribution in [0.15, 0.2) is 18.2 Å². The number of carbonyl (C=O) groups is 1. The van der Waals surface area contributed by atoms with E-state index in [-0.39, 0.29) is 24.0 Å². The first kappa shape index (κ1) is 17.5. The molecule has 1 amide bonds. The lowest BCUT2D eigenvalue weighted by Gasteiger charge is -2.38. The van der Waals surface area contributed by atoms with Crippen molar-refractivity contribution >= 4 is 17.2 Å². The Morgan fingerprint density at radius 2 is 2.23 bits per heavy atom. The number of carbonyl (C=O) groups excluding carboxylic acids is 1. The first-order chi connectivity index (χ1) is 12.5. The number of ether oxygens (including phenoxy) is 1. The summed E-state index contributed by atoms with van der Waals surface area (Å²) in [6.45, 7) is 4.69. The summed E-state index contributed by atoms with van der Waals surface area (Å²) < 4.78 is 5.59. The van der Waals surface area contributed by atoms with Crippen molar-refractivity contribution in [3.05, 3.63) is 44.9 Å². The zero-order valence-corrected chi connectivity index (χ0v) is 15.9. The van der Waals surface area contributed by atoms with Gasteiger partial charge in [0.25, 0.3) is 0 Å². The van der Waals surface area contributed by atoms with Gasteiger partial charge in [0.05, 0.1) is 35.9 Å². The Morgan fingerprint density at radius 1 is 1.42 bits per heavy atom. The zero-order chi connectivity index (χ0) is 18.3. The number of aliphatic hydroxyl groups excluding tert-OH is 1. The van der Waals surface area contributed by atoms with Crippen molar-refractivity contribution in [1.82, 2.24) is 10.3 Å². The van der Waals surface area contributed by atoms with Gasteiger partial charge in [-0.15, -0.1) is 11.3 Å². The molecule has 1 fully saturated rings. The van der Waals surface area contributed by atoms with Crippen molar-refractivity contribution in [3.63, 3.8) is 0 Å². The fraction of sp³-hybridized carbons (Fsp3) is 0.500. The monoisotopic (exact) mass is 372 g/mol. The number of hydrogen-bond donors (Lipinski definition) is 2. The minimum Gasteiger partial charge on any atom is -0.493 e. The van der Waals surface area contributed by atoms with Crippen molar-refractivity contribution in [2.24, 2.45) is 5.92 Å². The fourth-order valence-corrected chi connectivity index (χ4v) is 4.72. The lowest BCUT2D eigenvalue weighted by Crippen LogP contribution is -2.42. The van der Waals surface area contributed by atoms with Crippen molar-refractivity contribution in [2.75, 3.05) is 6.61 Å². The molecule has 2 heterocycles. The molecule has 2 aromatic rings. The number of hydrogen-bond acceptors (Lipinski definition) is 5. The molecule has 0 saturated heterocycles. The molecule has 0 unspecified atom stereocenters. The van der Waals surface area contributed by atoms with Crippen LogP contribution in [0.4, 0.5) is 0 Å². The summed E-state index contributed by atoms with van der Waals surface area (Å²) in [5.41, 5.74) is 3.16. The highest BCUT2D eigenvalue weighted by Gasteiger charge is 2.36. The molecule has 138 valence electrons. The summed E-state index contributed by atoms with van der Waals surface area (Å²) in [6, 6.07) is 6.12. The Morgan fingerprint density at radius 3 is 2.92 bits per heavy atom. The molecule has 0 radical (unpaired) electrons. The molecule has 1 atom stereocenters. The third-order valence-corrected chi connectivity index (χ3v) is 6.27. The van der Waals surface area contributed by atoms with Gasteiger partial charge in [-0.2, -0.15) is 0 Å². The molecule has 1 aliphatic carbocycles. The zero-order valence-electron chi connectivity index (χ0n) is 15.1. The predicted octanol–water partition coefficient (Wildman–Crippen LogP) is 2.87. The largest absolute Gasteiger partial charge is 0.493 e. The Hall–Kier alpha value is -1.92. The third kappa shape index (κ3) is 3.48. The van der Waals surface area contributed by atoms with E-state index in [0.29, 0.717) is 6.42 Å². The van der Waals surface area contributed by atoms with E-state index in [2.05, 4.69) is 16.4 Å². The number of benzene rings is 1. The number of thiazole rings is 1. The minimum absolute atomic E-state index is 0.0125. The van der Waals surface area contributed by atoms with Gasteiger partial charge in [-0.25, -0.2) is 4.98 Å². The number of fused-ring (bicyclic) bond motifs is 1. The average molecular weight is 372 g/mol. The smallest absolute Gasteiger partial charge is 0.226 e. The van der Waals surface area contributed by atoms with E-state index in [1.165, 1.54) is 5.56 Å². The quantitative estimate of drug-likeness (QED) is 0.847. The second-order valence-electron chi connectivity index (χ2n) is 7.31. The van der Waals surface area contributed by atoms with Crippen LogP contribution in [-0.4, -0.2) is 28.7 Å². The van der Waals surface area contributed by atoms with Crippen LogP contribution in [0.1, 0.15) is 45.6 Å². The summed E-state index contributed by atoms with van der Waals surface area (Å²) in [4.78, 5) is 18.3. The highest BCUT2D eigenvalue weighted by atomic mass is 32.1. The van der Waals surface area contributed by atoms with E-state index in [9.17, 15) is 9.90 Å². The molecule has 2 N–H and O–H groups in total. The summed E-state index contributed by atoms with van der Waals surface area (Å²) in [5.74, 6) is 1.20. The van der Waals surface area contributed by atoms with Crippen LogP contribution in [-0.2, 0) is 17.6 Å². The molecule has 1 aromatic carbocycles. The van der Waals surface area contributed by atoms with Crippen LogP contribution in [0.3, 0.4) is 0 Å². The lowest BCUT2D eigenvalue weighted by molar-refractivity contribution is -0.122. The van der Waals surface area contributed by atoms with Gasteiger partial charge in [0.1, 0.15) is 5.75 Å². The Labute approximate surface area is 157 Å². The average Bonchev–Trinajstić information content (AvgIpc) is 3.15. The van der Waals surface area contributed by atoms with Gasteiger partial charge in [0.15, 0.2) is 0 Å². The third-order valence-electron chi connectivity index (χ3n) is 5.34. The molecule has 0 spiro atoms. The number of nitrogens with one attached hydrogen (secondary N) is 1. The first-order valence-corrected chi connectivity index (χ1v) is 9.97. The van der Waals surface area contributed by atoms with Gasteiger partial charge in [-0.05, 0) is 55.9 Å². The molecule has 1 aliphatic heterocycles. The molecular formula is C20H24N2O3S. The molecule has 5 nitrogen and oxygen atoms in total. The van der Waals surface area contributed by atoms with Crippen LogP contribution in [0.25, 0.3) is 0 Å². The van der Waals surface area contributed by atoms with Crippen molar-refractivity contribution < 1.29 is 14.6 Å². The second-order valence-corrected chi connectivity index (χ2v) is 8.72. The Kier molecular flexibility index (Phi) is 4.71. The van der Waals surface area contributed by atoms with Crippen molar-refractivity contribution in [2.45, 2.75) is 51.7 Å². The van der Waals surface area contributed by atoms with Crippen LogP contribution in [0.2, 0.25) is 0 Å². The van der Waals surface area contributed by atoms with Crippen molar-refractivity contribution in [3.8, 4) is 5.75 Å². The van der Waals surface area contributed by atoms with E-state index in [1.807, 2.05) is 26.0 Å². The van der Waals surface area contributed by atoms with Crippen LogP contribution in [0, 0.1) is 19.8 Å². The maximum Gasteiger partial charge on any atom is 0.226 e. The second kappa shape index (κ2) is 7.00. The maximum absolute atomic E-state index is 12.7. The van der Waals surface area contributed by atoms with E-state index in [4.69, 9.17) is 4.74 Å². The molecule has 26 heavy (non-hydrogen) atoms. The predicted molar refractivity (Wildman–Crippen MR) is 101 cm³/mol. The number of aliphatic hydroxyl groups is 1. The van der Waals surface area contributed by atoms with E-state index in [0.717, 1.165) is 52.8 Å². The van der Waals surface area contributed by atoms with Gasteiger partial charge >= 0.3 is 0 Å². The topological polar surface area (TPSA) is 71.5 Å². The summed E-state index contributed by atoms with van der Waals surface area (Å²) in [7, 11) is 0. The van der Waals surface area contributed by atoms with Gasteiger partial charge in [0, 0.05) is 11.3 Å². The number of amides is 1. The minimum atomic E-state index is -0.249. The lowest BCUT2D eigenvalue weighted by atomic mass is 9.74. The normalized spacial score (nSPS) is 22.3. The SMILES string of the molecule is Cc1nc(CC(=O)N[C@@H](c2ccc3c(c2)CCO3)C2CC(O)C2)c(C)s1. The Balaban J connectivity index is 1.52. The van der Waals surface area contributed by atoms with Gasteiger partial charge < -0.3 is 15.2 Å². The molecule has 1 aromatic heterocycles. The van der Waals surface area contributed by atoms with Crippen molar-refractivity contribution in [1.29, 1.82) is 0 Å². The molecule has 1 saturated carbocycles. The van der Waals surface area contributed by atoms with Gasteiger partial charge in [0.2, 0.25) is 5.91 Å². The van der Waals surface area contributed by atoms with Crippen LogP contribution in [0.5, 0.6) is 5.75 Å². The first-order valence-electron chi connectivity index (χ1n) is 9.15. The number of aromatic nitrogens is 1. The summed E-state index contributed by atoms with van der Waals surface area (Å²) in [5, 5.41) is 13.9. The highest BCUT2D eigenvalue weighted by molar-refractivity contribution is 7.11. The van der Waals surface area contributed by atoms with Gasteiger partial charge in [-0.3, -0.25) is 4.79 Å². The number of rotatable bonds is 5. The molecule has 2 aliphatic rings. The molecular weight excluding hydrogens is 348 g/mol. The fourth-order valence-electron chi connectivity index (χ4n) is 3.89. The van der Waals surface area contributed by atoms with E-state index < -0.39 is 0 Å². The molecule has 0 bridgehead atoms. The van der Waals surface area contributed by atoms with E-state index >= 15 is 0 Å². The van der Waals surface area contributed by atoms with E-state index in [1.54, 1.807) is 11.3 Å². The Bertz CT molecular complexity index is 826. The maximum atomic E-state index is 12.7. The van der Waals surface area contributed by atoms with Gasteiger partial charge in [-0.1, -0.05) is 6.07 Å². The number of nitrogens with zero attached hydrogens (tertiary/aromatic N) is 1. The molecule has 6 heteroatoms. The molecule has 4 rings (SSSR count). The van der Waals surface area contributed by atoms with Crippen LogP contribution < -0.4 is 10.1 Å². The standard InChI is InChI=1S/C20H24N2O3S/c1-11-17(21-12(2)26-11)10-19(24)22-20(15-8-16(23)9-15)14-3-4-18-13(7-14)5-6-25-18/h3-4,7,15-16,20,23H,5-6,8-10H2,1-2H3,(H,22,24)/t15?,16?,20-/m0/s1. The summed E-state index contributed by atoms with van der Waals surface area (Å²) >= 11 is 1.62. The van der Waals surface area contributed by atoms with Crippen LogP contribution >= 0.6 is 11.3 Å². The number of aryl methyl sites for hydroxylation is 2. The summed E-state index contributed by atoms with van der Waals surface area (Å²) in [6.07, 6.45) is 2.42.